The van der Waals surface area contributed by atoms with E-state index in [1.54, 1.807) is 28.1 Å². The molecule has 2 amide bonds. The average molecular weight is 354 g/mol. The largest absolute Gasteiger partial charge is 0.378 e. The number of aromatic nitrogens is 1. The Balaban J connectivity index is 1.81. The maximum absolute atomic E-state index is 13.0. The van der Waals surface area contributed by atoms with Crippen LogP contribution in [0.15, 0.2) is 48.7 Å². The lowest BCUT2D eigenvalue weighted by Gasteiger charge is -2.33. The maximum Gasteiger partial charge on any atom is 0.324 e. The summed E-state index contributed by atoms with van der Waals surface area (Å²) in [5.74, 6) is -0.208. The molecular formula is C19H22N4O3. The average Bonchev–Trinajstić information content (AvgIpc) is 2.72. The number of nitrogens with zero attached hydrogens (tertiary/aromatic N) is 3. The SMILES string of the molecule is NCC(=O)c1ccc(CN(C(=O)N2CCOCC2)c2ccccc2)cn1. The van der Waals surface area contributed by atoms with E-state index in [-0.39, 0.29) is 18.4 Å². The topological polar surface area (TPSA) is 88.8 Å². The van der Waals surface area contributed by atoms with Gasteiger partial charge in [0.1, 0.15) is 5.69 Å². The Morgan fingerprint density at radius 2 is 1.85 bits per heavy atom. The Labute approximate surface area is 152 Å². The van der Waals surface area contributed by atoms with Crippen LogP contribution in [-0.4, -0.2) is 54.5 Å². The number of urea groups is 1. The van der Waals surface area contributed by atoms with Gasteiger partial charge in [-0.25, -0.2) is 4.79 Å². The number of anilines is 1. The zero-order valence-corrected chi connectivity index (χ0v) is 14.5. The number of carbonyl (C=O) groups excluding carboxylic acids is 2. The van der Waals surface area contributed by atoms with Crippen LogP contribution in [-0.2, 0) is 11.3 Å². The number of hydrogen-bond donors (Lipinski definition) is 1. The molecule has 0 radical (unpaired) electrons. The van der Waals surface area contributed by atoms with Crippen molar-refractivity contribution in [2.75, 3.05) is 37.7 Å². The van der Waals surface area contributed by atoms with Gasteiger partial charge in [0, 0.05) is 25.0 Å². The van der Waals surface area contributed by atoms with Gasteiger partial charge in [0.25, 0.3) is 0 Å². The van der Waals surface area contributed by atoms with Crippen LogP contribution >= 0.6 is 0 Å². The Hall–Kier alpha value is -2.77. The molecule has 2 heterocycles. The van der Waals surface area contributed by atoms with Crippen molar-refractivity contribution in [3.8, 4) is 0 Å². The monoisotopic (exact) mass is 354 g/mol. The summed E-state index contributed by atoms with van der Waals surface area (Å²) in [4.78, 5) is 32.3. The van der Waals surface area contributed by atoms with Gasteiger partial charge in [0.2, 0.25) is 0 Å². The van der Waals surface area contributed by atoms with Gasteiger partial charge in [-0.05, 0) is 23.8 Å². The van der Waals surface area contributed by atoms with Gasteiger partial charge < -0.3 is 15.4 Å². The van der Waals surface area contributed by atoms with Crippen LogP contribution < -0.4 is 10.6 Å². The molecule has 0 aliphatic carbocycles. The second kappa shape index (κ2) is 8.55. The predicted octanol–water partition coefficient (Wildman–Crippen LogP) is 1.68. The summed E-state index contributed by atoms with van der Waals surface area (Å²) in [5, 5.41) is 0. The number of pyridine rings is 1. The van der Waals surface area contributed by atoms with Crippen molar-refractivity contribution in [2.24, 2.45) is 5.73 Å². The highest BCUT2D eigenvalue weighted by Crippen LogP contribution is 2.19. The van der Waals surface area contributed by atoms with E-state index < -0.39 is 0 Å². The van der Waals surface area contributed by atoms with E-state index in [1.165, 1.54) is 0 Å². The van der Waals surface area contributed by atoms with Gasteiger partial charge in [-0.3, -0.25) is 14.7 Å². The van der Waals surface area contributed by atoms with Gasteiger partial charge in [0.05, 0.1) is 26.3 Å². The fourth-order valence-corrected chi connectivity index (χ4v) is 2.77. The minimum absolute atomic E-state index is 0.0680. The van der Waals surface area contributed by atoms with Crippen LogP contribution in [0.1, 0.15) is 16.1 Å². The number of rotatable bonds is 5. The highest BCUT2D eigenvalue weighted by atomic mass is 16.5. The molecule has 7 nitrogen and oxygen atoms in total. The Morgan fingerprint density at radius 3 is 2.46 bits per heavy atom. The van der Waals surface area contributed by atoms with Gasteiger partial charge in [-0.2, -0.15) is 0 Å². The molecule has 0 atom stereocenters. The quantitative estimate of drug-likeness (QED) is 0.825. The third kappa shape index (κ3) is 4.25. The summed E-state index contributed by atoms with van der Waals surface area (Å²) in [6.07, 6.45) is 1.62. The van der Waals surface area contributed by atoms with Crippen LogP contribution in [0.2, 0.25) is 0 Å². The van der Waals surface area contributed by atoms with E-state index in [9.17, 15) is 9.59 Å². The number of amides is 2. The number of nitrogens with two attached hydrogens (primary N) is 1. The summed E-state index contributed by atoms with van der Waals surface area (Å²) >= 11 is 0. The predicted molar refractivity (Wildman–Crippen MR) is 98.0 cm³/mol. The standard InChI is InChI=1S/C19H22N4O3/c20-12-18(24)17-7-6-15(13-21-17)14-23(16-4-2-1-3-5-16)19(25)22-8-10-26-11-9-22/h1-7,13H,8-12,14,20H2. The summed E-state index contributed by atoms with van der Waals surface area (Å²) in [7, 11) is 0. The number of carbonyl (C=O) groups is 2. The Kier molecular flexibility index (Phi) is 5.93. The molecule has 1 aromatic heterocycles. The van der Waals surface area contributed by atoms with Crippen molar-refractivity contribution in [2.45, 2.75) is 6.54 Å². The summed E-state index contributed by atoms with van der Waals surface area (Å²) < 4.78 is 5.34. The van der Waals surface area contributed by atoms with Gasteiger partial charge in [-0.15, -0.1) is 0 Å². The number of morpholine rings is 1. The highest BCUT2D eigenvalue weighted by Gasteiger charge is 2.24. The molecule has 1 saturated heterocycles. The van der Waals surface area contributed by atoms with Crippen molar-refractivity contribution in [1.29, 1.82) is 0 Å². The first-order valence-electron chi connectivity index (χ1n) is 8.56. The molecule has 1 aliphatic rings. The first-order chi connectivity index (χ1) is 12.7. The van der Waals surface area contributed by atoms with Crippen molar-refractivity contribution in [3.05, 3.63) is 59.9 Å². The number of benzene rings is 1. The van der Waals surface area contributed by atoms with E-state index in [1.807, 2.05) is 30.3 Å². The molecular weight excluding hydrogens is 332 g/mol. The van der Waals surface area contributed by atoms with Gasteiger partial charge in [0.15, 0.2) is 5.78 Å². The van der Waals surface area contributed by atoms with Crippen LogP contribution in [0.3, 0.4) is 0 Å². The summed E-state index contributed by atoms with van der Waals surface area (Å²) in [6, 6.07) is 12.9. The van der Waals surface area contributed by atoms with Crippen LogP contribution in [0.5, 0.6) is 0 Å². The molecule has 136 valence electrons. The normalized spacial score (nSPS) is 14.1. The highest BCUT2D eigenvalue weighted by molar-refractivity contribution is 5.95. The molecule has 2 aromatic rings. The molecule has 0 bridgehead atoms. The van der Waals surface area contributed by atoms with E-state index in [0.29, 0.717) is 38.5 Å². The second-order valence-electron chi connectivity index (χ2n) is 5.98. The van der Waals surface area contributed by atoms with E-state index in [2.05, 4.69) is 4.98 Å². The smallest absolute Gasteiger partial charge is 0.324 e. The lowest BCUT2D eigenvalue weighted by molar-refractivity contribution is 0.0548. The maximum atomic E-state index is 13.0. The minimum atomic E-state index is -0.208. The van der Waals surface area contributed by atoms with Crippen molar-refractivity contribution in [1.82, 2.24) is 9.88 Å². The van der Waals surface area contributed by atoms with E-state index in [4.69, 9.17) is 10.5 Å². The zero-order chi connectivity index (χ0) is 18.4. The lowest BCUT2D eigenvalue weighted by atomic mass is 10.2. The number of ketones is 1. The number of hydrogen-bond acceptors (Lipinski definition) is 5. The molecule has 1 fully saturated rings. The molecule has 0 spiro atoms. The molecule has 0 saturated carbocycles. The fourth-order valence-electron chi connectivity index (χ4n) is 2.77. The number of Topliss-reactive ketones (excluding diaryl/α,β-unsaturated/α-hetero) is 1. The first kappa shape index (κ1) is 18.0. The molecule has 3 rings (SSSR count). The fraction of sp³-hybridized carbons (Fsp3) is 0.316. The Bertz CT molecular complexity index is 743. The van der Waals surface area contributed by atoms with Crippen molar-refractivity contribution < 1.29 is 14.3 Å². The van der Waals surface area contributed by atoms with Gasteiger partial charge in [-0.1, -0.05) is 24.3 Å². The molecule has 0 unspecified atom stereocenters. The van der Waals surface area contributed by atoms with E-state index in [0.717, 1.165) is 11.3 Å². The molecule has 26 heavy (non-hydrogen) atoms. The van der Waals surface area contributed by atoms with Crippen molar-refractivity contribution >= 4 is 17.5 Å². The van der Waals surface area contributed by atoms with Crippen LogP contribution in [0.25, 0.3) is 0 Å². The number of para-hydroxylation sites is 1. The molecule has 1 aromatic carbocycles. The Morgan fingerprint density at radius 1 is 1.12 bits per heavy atom. The van der Waals surface area contributed by atoms with Crippen LogP contribution in [0, 0.1) is 0 Å². The van der Waals surface area contributed by atoms with E-state index >= 15 is 0 Å². The summed E-state index contributed by atoms with van der Waals surface area (Å²) in [6.45, 7) is 2.54. The van der Waals surface area contributed by atoms with Crippen molar-refractivity contribution in [3.63, 3.8) is 0 Å². The second-order valence-corrected chi connectivity index (χ2v) is 5.98. The summed E-state index contributed by atoms with van der Waals surface area (Å²) in [5.41, 5.74) is 7.35. The molecule has 7 heteroatoms. The lowest BCUT2D eigenvalue weighted by Crippen LogP contribution is -2.48. The zero-order valence-electron chi connectivity index (χ0n) is 14.5. The first-order valence-corrected chi connectivity index (χ1v) is 8.56. The van der Waals surface area contributed by atoms with Gasteiger partial charge >= 0.3 is 6.03 Å². The molecule has 2 N–H and O–H groups in total. The van der Waals surface area contributed by atoms with Crippen LogP contribution in [0.4, 0.5) is 10.5 Å². The third-order valence-corrected chi connectivity index (χ3v) is 4.22. The minimum Gasteiger partial charge on any atom is -0.378 e. The third-order valence-electron chi connectivity index (χ3n) is 4.22. The number of ether oxygens (including phenoxy) is 1. The molecule has 1 aliphatic heterocycles.